The highest BCUT2D eigenvalue weighted by atomic mass is 14.7. The van der Waals surface area contributed by atoms with Crippen LogP contribution in [0.15, 0.2) is 59.6 Å². The molecule has 0 aliphatic rings. The first kappa shape index (κ1) is 14.9. The normalized spacial score (nSPS) is 11.1. The van der Waals surface area contributed by atoms with Gasteiger partial charge in [0.1, 0.15) is 0 Å². The second-order valence-corrected chi connectivity index (χ2v) is 4.24. The van der Waals surface area contributed by atoms with Crippen molar-refractivity contribution in [2.75, 3.05) is 0 Å². The maximum Gasteiger partial charge on any atom is 0.0443 e. The Morgan fingerprint density at radius 2 is 1.58 bits per heavy atom. The summed E-state index contributed by atoms with van der Waals surface area (Å²) in [6.45, 7) is 11.4. The van der Waals surface area contributed by atoms with Gasteiger partial charge >= 0.3 is 0 Å². The Kier molecular flexibility index (Phi) is 6.31. The van der Waals surface area contributed by atoms with E-state index in [1.54, 1.807) is 0 Å². The molecule has 0 aliphatic carbocycles. The first-order valence-corrected chi connectivity index (χ1v) is 6.44. The summed E-state index contributed by atoms with van der Waals surface area (Å²) in [5.41, 5.74) is 2.34. The Bertz CT molecular complexity index is 612. The van der Waals surface area contributed by atoms with Gasteiger partial charge in [0.15, 0.2) is 0 Å². The van der Waals surface area contributed by atoms with Gasteiger partial charge in [-0.05, 0) is 30.8 Å². The second kappa shape index (κ2) is 8.04. The van der Waals surface area contributed by atoms with Crippen LogP contribution >= 0.6 is 0 Å². The molecule has 2 rings (SSSR count). The van der Waals surface area contributed by atoms with Gasteiger partial charge in [-0.1, -0.05) is 68.1 Å². The molecular weight excluding hydrogens is 230 g/mol. The van der Waals surface area contributed by atoms with E-state index in [4.69, 9.17) is 0 Å². The molecule has 0 spiro atoms. The molecule has 0 N–H and O–H groups in total. The fourth-order valence-electron chi connectivity index (χ4n) is 1.67. The van der Waals surface area contributed by atoms with Gasteiger partial charge in [0.25, 0.3) is 0 Å². The van der Waals surface area contributed by atoms with E-state index in [0.29, 0.717) is 0 Å². The molecule has 2 aromatic carbocycles. The number of aryl methyl sites for hydroxylation is 1. The van der Waals surface area contributed by atoms with Crippen LogP contribution in [-0.2, 0) is 6.42 Å². The summed E-state index contributed by atoms with van der Waals surface area (Å²) in [7, 11) is 0. The summed E-state index contributed by atoms with van der Waals surface area (Å²) in [5.74, 6) is 0. The van der Waals surface area contributed by atoms with E-state index in [2.05, 4.69) is 49.5 Å². The Balaban J connectivity index is 0.000000200. The summed E-state index contributed by atoms with van der Waals surface area (Å²) < 4.78 is 0. The number of aliphatic imine (C=N–C) groups is 1. The van der Waals surface area contributed by atoms with Gasteiger partial charge in [-0.15, -0.1) is 0 Å². The first-order chi connectivity index (χ1) is 9.19. The molecule has 0 radical (unpaired) electrons. The average molecular weight is 251 g/mol. The van der Waals surface area contributed by atoms with E-state index in [1.807, 2.05) is 37.3 Å². The Labute approximate surface area is 115 Å². The Morgan fingerprint density at radius 3 is 2.05 bits per heavy atom. The highest BCUT2D eigenvalue weighted by Gasteiger charge is 1.85. The van der Waals surface area contributed by atoms with Crippen LogP contribution < -0.4 is 10.4 Å². The van der Waals surface area contributed by atoms with Crippen LogP contribution in [0.4, 0.5) is 0 Å². The van der Waals surface area contributed by atoms with Crippen molar-refractivity contribution in [3.8, 4) is 0 Å². The van der Waals surface area contributed by atoms with Crippen LogP contribution in [0.3, 0.4) is 0 Å². The largest absolute Gasteiger partial charge is 0.269 e. The van der Waals surface area contributed by atoms with Gasteiger partial charge in [-0.2, -0.15) is 0 Å². The first-order valence-electron chi connectivity index (χ1n) is 6.44. The van der Waals surface area contributed by atoms with Crippen molar-refractivity contribution in [2.45, 2.75) is 20.3 Å². The minimum Gasteiger partial charge on any atom is -0.269 e. The van der Waals surface area contributed by atoms with Crippen LogP contribution in [0.2, 0.25) is 0 Å². The molecule has 0 amide bonds. The summed E-state index contributed by atoms with van der Waals surface area (Å²) in [6, 6.07) is 18.3. The third-order valence-electron chi connectivity index (χ3n) is 2.90. The van der Waals surface area contributed by atoms with Crippen molar-refractivity contribution in [1.29, 1.82) is 0 Å². The summed E-state index contributed by atoms with van der Waals surface area (Å²) in [6.07, 6.45) is 1.14. The number of hydrogen-bond acceptors (Lipinski definition) is 1. The van der Waals surface area contributed by atoms with Gasteiger partial charge in [0, 0.05) is 10.9 Å². The van der Waals surface area contributed by atoms with Gasteiger partial charge in [-0.3, -0.25) is 4.99 Å². The van der Waals surface area contributed by atoms with Crippen molar-refractivity contribution in [1.82, 2.24) is 0 Å². The molecule has 1 heteroatoms. The van der Waals surface area contributed by atoms with Crippen molar-refractivity contribution >= 4 is 19.0 Å². The van der Waals surface area contributed by atoms with Crippen molar-refractivity contribution in [3.05, 3.63) is 70.6 Å². The topological polar surface area (TPSA) is 12.4 Å². The standard InChI is InChI=1S/C10H11N.C8H10/c1-8-6-4-5-7-10(8)9(2)11-3;1-2-8-6-4-3-5-7-8/h4-7H,1,3H2,2H3;3-7H,2H2,1H3/b10-9-;. The van der Waals surface area contributed by atoms with Crippen LogP contribution in [0.1, 0.15) is 19.4 Å². The Morgan fingerprint density at radius 1 is 1.00 bits per heavy atom. The van der Waals surface area contributed by atoms with Crippen LogP contribution in [0, 0.1) is 0 Å². The van der Waals surface area contributed by atoms with Crippen molar-refractivity contribution in [3.63, 3.8) is 0 Å². The zero-order valence-electron chi connectivity index (χ0n) is 11.8. The molecule has 0 fully saturated rings. The minimum atomic E-state index is 0.926. The summed E-state index contributed by atoms with van der Waals surface area (Å²) >= 11 is 0. The van der Waals surface area contributed by atoms with E-state index in [9.17, 15) is 0 Å². The van der Waals surface area contributed by atoms with E-state index in [1.165, 1.54) is 5.56 Å². The molecule has 0 saturated carbocycles. The van der Waals surface area contributed by atoms with Crippen LogP contribution in [-0.4, -0.2) is 6.72 Å². The molecule has 0 unspecified atom stereocenters. The van der Waals surface area contributed by atoms with Crippen molar-refractivity contribution < 1.29 is 0 Å². The van der Waals surface area contributed by atoms with Gasteiger partial charge < -0.3 is 0 Å². The van der Waals surface area contributed by atoms with Gasteiger partial charge in [0.05, 0.1) is 0 Å². The van der Waals surface area contributed by atoms with Crippen LogP contribution in [0.5, 0.6) is 0 Å². The SMILES string of the molecule is C=N/C(C)=c1/ccccc1=C.CCc1ccccc1. The molecule has 0 aromatic heterocycles. The lowest BCUT2D eigenvalue weighted by Gasteiger charge is -1.90. The number of benzene rings is 2. The zero-order valence-corrected chi connectivity index (χ0v) is 11.8. The molecule has 0 bridgehead atoms. The lowest BCUT2D eigenvalue weighted by molar-refractivity contribution is 1.14. The fraction of sp³-hybridized carbons (Fsp3) is 0.167. The average Bonchev–Trinajstić information content (AvgIpc) is 2.48. The lowest BCUT2D eigenvalue weighted by Crippen LogP contribution is -2.23. The maximum atomic E-state index is 3.88. The van der Waals surface area contributed by atoms with Gasteiger partial charge in [-0.25, -0.2) is 0 Å². The molecule has 2 aromatic rings. The molecule has 1 nitrogen and oxygen atoms in total. The zero-order chi connectivity index (χ0) is 14.1. The van der Waals surface area contributed by atoms with Gasteiger partial charge in [0.2, 0.25) is 0 Å². The molecule has 0 atom stereocenters. The molecule has 19 heavy (non-hydrogen) atoms. The molecular formula is C18H21N. The monoisotopic (exact) mass is 251 g/mol. The molecule has 0 aliphatic heterocycles. The molecule has 0 heterocycles. The lowest BCUT2D eigenvalue weighted by atomic mass is 10.2. The van der Waals surface area contributed by atoms with E-state index in [-0.39, 0.29) is 0 Å². The minimum absolute atomic E-state index is 0.926. The van der Waals surface area contributed by atoms with E-state index < -0.39 is 0 Å². The predicted molar refractivity (Wildman–Crippen MR) is 85.7 cm³/mol. The number of hydrogen-bond donors (Lipinski definition) is 0. The maximum absolute atomic E-state index is 3.88. The second-order valence-electron chi connectivity index (χ2n) is 4.24. The molecule has 98 valence electrons. The van der Waals surface area contributed by atoms with Crippen molar-refractivity contribution in [2.24, 2.45) is 4.99 Å². The third-order valence-corrected chi connectivity index (χ3v) is 2.90. The van der Waals surface area contributed by atoms with E-state index >= 15 is 0 Å². The quantitative estimate of drug-likeness (QED) is 0.727. The highest BCUT2D eigenvalue weighted by molar-refractivity contribution is 5.48. The Hall–Kier alpha value is -2.15. The summed E-state index contributed by atoms with van der Waals surface area (Å²) in [5, 5.41) is 2.07. The number of nitrogens with zero attached hydrogens (tertiary/aromatic N) is 1. The molecule has 0 saturated heterocycles. The highest BCUT2D eigenvalue weighted by Crippen LogP contribution is 1.96. The van der Waals surface area contributed by atoms with Crippen LogP contribution in [0.25, 0.3) is 12.3 Å². The fourth-order valence-corrected chi connectivity index (χ4v) is 1.67. The smallest absolute Gasteiger partial charge is 0.0443 e. The predicted octanol–water partition coefficient (Wildman–Crippen LogP) is 3.17. The number of rotatable bonds is 2. The summed E-state index contributed by atoms with van der Waals surface area (Å²) in [4.78, 5) is 3.85. The third kappa shape index (κ3) is 4.92. The van der Waals surface area contributed by atoms with E-state index in [0.717, 1.165) is 22.6 Å².